The van der Waals surface area contributed by atoms with Gasteiger partial charge in [-0.2, -0.15) is 0 Å². The van der Waals surface area contributed by atoms with E-state index in [9.17, 15) is 19.5 Å². The van der Waals surface area contributed by atoms with Crippen molar-refractivity contribution < 1.29 is 24.2 Å². The van der Waals surface area contributed by atoms with E-state index < -0.39 is 24.0 Å². The molecule has 8 heteroatoms. The van der Waals surface area contributed by atoms with Crippen LogP contribution >= 0.6 is 15.9 Å². The van der Waals surface area contributed by atoms with E-state index in [1.54, 1.807) is 6.07 Å². The van der Waals surface area contributed by atoms with Gasteiger partial charge in [0.15, 0.2) is 0 Å². The van der Waals surface area contributed by atoms with Gasteiger partial charge in [-0.1, -0.05) is 64.5 Å². The summed E-state index contributed by atoms with van der Waals surface area (Å²) >= 11 is 3.22. The van der Waals surface area contributed by atoms with Crippen molar-refractivity contribution in [2.24, 2.45) is 0 Å². The summed E-state index contributed by atoms with van der Waals surface area (Å²) in [6, 6.07) is 19.1. The van der Waals surface area contributed by atoms with Gasteiger partial charge >= 0.3 is 12.1 Å². The van der Waals surface area contributed by atoms with Gasteiger partial charge in [0.05, 0.1) is 5.56 Å². The van der Waals surface area contributed by atoms with E-state index in [1.807, 2.05) is 48.5 Å². The van der Waals surface area contributed by atoms with Crippen LogP contribution < -0.4 is 10.6 Å². The molecule has 0 spiro atoms. The average Bonchev–Trinajstić information content (AvgIpc) is 3.16. The molecule has 0 heterocycles. The second-order valence-corrected chi connectivity index (χ2v) is 8.87. The first-order valence-corrected chi connectivity index (χ1v) is 11.6. The van der Waals surface area contributed by atoms with E-state index in [0.717, 1.165) is 22.3 Å². The normalized spacial score (nSPS) is 12.6. The Labute approximate surface area is 210 Å². The number of anilines is 1. The molecule has 0 bridgehead atoms. The minimum atomic E-state index is -1.14. The van der Waals surface area contributed by atoms with E-state index in [1.165, 1.54) is 12.1 Å². The van der Waals surface area contributed by atoms with Gasteiger partial charge in [-0.3, -0.25) is 4.79 Å². The highest BCUT2D eigenvalue weighted by Gasteiger charge is 2.29. The highest BCUT2D eigenvalue weighted by Crippen LogP contribution is 2.44. The summed E-state index contributed by atoms with van der Waals surface area (Å²) in [4.78, 5) is 36.6. The zero-order valence-corrected chi connectivity index (χ0v) is 20.0. The number of terminal acetylenes is 1. The highest BCUT2D eigenvalue weighted by atomic mass is 79.9. The molecule has 0 fully saturated rings. The van der Waals surface area contributed by atoms with Crippen LogP contribution in [0.15, 0.2) is 71.2 Å². The second kappa shape index (κ2) is 10.5. The number of hydrogen-bond donors (Lipinski definition) is 3. The number of hydrogen-bond acceptors (Lipinski definition) is 4. The Morgan fingerprint density at radius 1 is 1.03 bits per heavy atom. The van der Waals surface area contributed by atoms with E-state index in [4.69, 9.17) is 11.2 Å². The molecule has 7 nitrogen and oxygen atoms in total. The Balaban J connectivity index is 1.42. The number of carboxylic acids is 1. The molecule has 0 aliphatic heterocycles. The van der Waals surface area contributed by atoms with Crippen LogP contribution in [0.4, 0.5) is 10.5 Å². The summed E-state index contributed by atoms with van der Waals surface area (Å²) < 4.78 is 5.98. The van der Waals surface area contributed by atoms with Gasteiger partial charge in [-0.15, -0.1) is 12.3 Å². The first kappa shape index (κ1) is 24.0. The molecule has 3 aromatic rings. The second-order valence-electron chi connectivity index (χ2n) is 7.95. The predicted molar refractivity (Wildman–Crippen MR) is 135 cm³/mol. The van der Waals surface area contributed by atoms with Crippen molar-refractivity contribution in [1.29, 1.82) is 0 Å². The van der Waals surface area contributed by atoms with Crippen LogP contribution in [-0.4, -0.2) is 35.7 Å². The molecule has 1 aliphatic carbocycles. The molecule has 0 aromatic heterocycles. The fourth-order valence-electron chi connectivity index (χ4n) is 4.12. The van der Waals surface area contributed by atoms with Gasteiger partial charge in [0.25, 0.3) is 0 Å². The lowest BCUT2D eigenvalue weighted by molar-refractivity contribution is -0.118. The number of carboxylic acid groups (broad SMARTS) is 1. The van der Waals surface area contributed by atoms with E-state index in [-0.39, 0.29) is 30.2 Å². The molecule has 2 amide bonds. The summed E-state index contributed by atoms with van der Waals surface area (Å²) in [6.45, 7) is 0.0951. The number of fused-ring (bicyclic) bond motifs is 3. The quantitative estimate of drug-likeness (QED) is 0.370. The highest BCUT2D eigenvalue weighted by molar-refractivity contribution is 9.10. The van der Waals surface area contributed by atoms with Gasteiger partial charge in [-0.05, 0) is 40.5 Å². The summed E-state index contributed by atoms with van der Waals surface area (Å²) in [7, 11) is 0. The fourth-order valence-corrected chi connectivity index (χ4v) is 4.62. The number of aromatic carboxylic acids is 1. The minimum Gasteiger partial charge on any atom is -0.478 e. The predicted octanol–water partition coefficient (Wildman–Crippen LogP) is 5.02. The number of carbonyl (C=O) groups is 3. The maximum atomic E-state index is 12.8. The number of benzene rings is 3. The molecule has 176 valence electrons. The molecule has 4 rings (SSSR count). The van der Waals surface area contributed by atoms with Gasteiger partial charge in [0.2, 0.25) is 5.91 Å². The molecule has 3 aromatic carbocycles. The molecular formula is C27H21BrN2O5. The zero-order chi connectivity index (χ0) is 24.9. The van der Waals surface area contributed by atoms with Crippen molar-refractivity contribution in [2.75, 3.05) is 11.9 Å². The van der Waals surface area contributed by atoms with Crippen LogP contribution in [-0.2, 0) is 9.53 Å². The number of halogens is 1. The SMILES string of the molecule is C#CCC(NC(=O)OCC1c2ccccc2-c2ccccc21)C(=O)Nc1cc(Br)cc(C(=O)O)c1. The standard InChI is InChI=1S/C27H21BrN2O5/c1-2-7-24(25(31)29-18-13-16(26(32)33)12-17(28)14-18)30-27(34)35-15-23-21-10-5-3-8-19(21)20-9-4-6-11-22(20)23/h1,3-6,8-14,23-24H,7,15H2,(H,29,31)(H,30,34)(H,32,33). The molecule has 0 saturated heterocycles. The van der Waals surface area contributed by atoms with Gasteiger partial charge in [0, 0.05) is 22.5 Å². The Morgan fingerprint density at radius 3 is 2.26 bits per heavy atom. The van der Waals surface area contributed by atoms with Crippen LogP contribution in [0.25, 0.3) is 11.1 Å². The smallest absolute Gasteiger partial charge is 0.407 e. The number of rotatable bonds is 7. The maximum Gasteiger partial charge on any atom is 0.407 e. The minimum absolute atomic E-state index is 0.00679. The average molecular weight is 533 g/mol. The van der Waals surface area contributed by atoms with Crippen molar-refractivity contribution in [1.82, 2.24) is 5.32 Å². The van der Waals surface area contributed by atoms with Crippen molar-refractivity contribution in [3.63, 3.8) is 0 Å². The monoisotopic (exact) mass is 532 g/mol. The van der Waals surface area contributed by atoms with E-state index in [2.05, 4.69) is 32.5 Å². The van der Waals surface area contributed by atoms with E-state index >= 15 is 0 Å². The maximum absolute atomic E-state index is 12.8. The third kappa shape index (κ3) is 5.36. The number of alkyl carbamates (subject to hydrolysis) is 1. The van der Waals surface area contributed by atoms with Crippen molar-refractivity contribution in [3.8, 4) is 23.5 Å². The van der Waals surface area contributed by atoms with Gasteiger partial charge < -0.3 is 20.5 Å². The topological polar surface area (TPSA) is 105 Å². The van der Waals surface area contributed by atoms with Crippen molar-refractivity contribution in [3.05, 3.63) is 87.9 Å². The number of nitrogens with one attached hydrogen (secondary N) is 2. The fraction of sp³-hybridized carbons (Fsp3) is 0.148. The largest absolute Gasteiger partial charge is 0.478 e. The molecular weight excluding hydrogens is 512 g/mol. The number of carbonyl (C=O) groups excluding carboxylic acids is 2. The summed E-state index contributed by atoms with van der Waals surface area (Å²) in [5.41, 5.74) is 4.60. The van der Waals surface area contributed by atoms with E-state index in [0.29, 0.717) is 4.47 Å². The van der Waals surface area contributed by atoms with Crippen LogP contribution in [0.2, 0.25) is 0 Å². The third-order valence-corrected chi connectivity index (χ3v) is 6.14. The summed E-state index contributed by atoms with van der Waals surface area (Å²) in [6.07, 6.45) is 4.55. The lowest BCUT2D eigenvalue weighted by atomic mass is 9.98. The van der Waals surface area contributed by atoms with Gasteiger partial charge in [0.1, 0.15) is 12.6 Å². The third-order valence-electron chi connectivity index (χ3n) is 5.69. The molecule has 1 aliphatic rings. The number of ether oxygens (including phenoxy) is 1. The Morgan fingerprint density at radius 2 is 1.66 bits per heavy atom. The Hall–Kier alpha value is -4.09. The van der Waals surface area contributed by atoms with Crippen LogP contribution in [0.3, 0.4) is 0 Å². The first-order chi connectivity index (χ1) is 16.9. The number of amides is 2. The zero-order valence-electron chi connectivity index (χ0n) is 18.5. The van der Waals surface area contributed by atoms with Crippen LogP contribution in [0.5, 0.6) is 0 Å². The van der Waals surface area contributed by atoms with Gasteiger partial charge in [-0.25, -0.2) is 9.59 Å². The molecule has 0 radical (unpaired) electrons. The lowest BCUT2D eigenvalue weighted by Crippen LogP contribution is -2.44. The Bertz CT molecular complexity index is 1300. The summed E-state index contributed by atoms with van der Waals surface area (Å²) in [5, 5.41) is 14.3. The lowest BCUT2D eigenvalue weighted by Gasteiger charge is -2.18. The Kier molecular flexibility index (Phi) is 7.18. The van der Waals surface area contributed by atoms with Crippen molar-refractivity contribution in [2.45, 2.75) is 18.4 Å². The molecule has 0 saturated carbocycles. The molecule has 1 unspecified atom stereocenters. The van der Waals surface area contributed by atoms with Crippen LogP contribution in [0.1, 0.15) is 33.8 Å². The molecule has 3 N–H and O–H groups in total. The summed E-state index contributed by atoms with van der Waals surface area (Å²) in [5.74, 6) is 0.517. The molecule has 35 heavy (non-hydrogen) atoms. The first-order valence-electron chi connectivity index (χ1n) is 10.8. The van der Waals surface area contributed by atoms with Crippen molar-refractivity contribution >= 4 is 39.6 Å². The van der Waals surface area contributed by atoms with Crippen LogP contribution in [0, 0.1) is 12.3 Å². The molecule has 1 atom stereocenters.